The molecule has 0 spiro atoms. The first-order chi connectivity index (χ1) is 10.7. The summed E-state index contributed by atoms with van der Waals surface area (Å²) in [5, 5.41) is 20.0. The molecule has 2 heterocycles. The molecule has 0 aliphatic carbocycles. The lowest BCUT2D eigenvalue weighted by molar-refractivity contribution is 0.292. The number of H-pyrrole nitrogens is 1. The number of rotatable bonds is 5. The van der Waals surface area contributed by atoms with Gasteiger partial charge in [0.05, 0.1) is 11.2 Å². The van der Waals surface area contributed by atoms with Crippen LogP contribution in [0.3, 0.4) is 0 Å². The highest BCUT2D eigenvalue weighted by molar-refractivity contribution is 5.95. The highest BCUT2D eigenvalue weighted by atomic mass is 16.3. The van der Waals surface area contributed by atoms with Crippen LogP contribution in [0.2, 0.25) is 0 Å². The third-order valence-electron chi connectivity index (χ3n) is 3.45. The smallest absolute Gasteiger partial charge is 0.222 e. The molecule has 0 aliphatic heterocycles. The number of nitrogen functional groups attached to an aromatic ring is 1. The largest absolute Gasteiger partial charge is 0.396 e. The molecular weight excluding hydrogens is 280 g/mol. The average molecular weight is 298 g/mol. The summed E-state index contributed by atoms with van der Waals surface area (Å²) >= 11 is 0. The number of hydrogen-bond acceptors (Lipinski definition) is 6. The first kappa shape index (κ1) is 14.3. The van der Waals surface area contributed by atoms with Gasteiger partial charge < -0.3 is 16.2 Å². The first-order valence-electron chi connectivity index (χ1n) is 7.11. The summed E-state index contributed by atoms with van der Waals surface area (Å²) in [5.74, 6) is 0.921. The van der Waals surface area contributed by atoms with Crippen molar-refractivity contribution < 1.29 is 5.11 Å². The van der Waals surface area contributed by atoms with E-state index in [1.807, 2.05) is 19.1 Å². The molecule has 0 bridgehead atoms. The fraction of sp³-hybridized carbons (Fsp3) is 0.267. The minimum atomic E-state index is 0.133. The fourth-order valence-corrected chi connectivity index (χ4v) is 2.47. The van der Waals surface area contributed by atoms with Gasteiger partial charge >= 0.3 is 0 Å². The van der Waals surface area contributed by atoms with Crippen LogP contribution >= 0.6 is 0 Å². The van der Waals surface area contributed by atoms with Gasteiger partial charge in [0.15, 0.2) is 0 Å². The molecule has 0 atom stereocenters. The van der Waals surface area contributed by atoms with Crippen molar-refractivity contribution in [1.29, 1.82) is 0 Å². The van der Waals surface area contributed by atoms with Crippen molar-refractivity contribution in [2.24, 2.45) is 0 Å². The Hall–Kier alpha value is -2.67. The minimum absolute atomic E-state index is 0.133. The molecule has 0 fully saturated rings. The molecule has 7 heteroatoms. The van der Waals surface area contributed by atoms with Crippen molar-refractivity contribution in [3.05, 3.63) is 30.0 Å². The van der Waals surface area contributed by atoms with Crippen LogP contribution in [0, 0.1) is 6.92 Å². The molecule has 0 unspecified atom stereocenters. The normalized spacial score (nSPS) is 11.0. The van der Waals surface area contributed by atoms with E-state index in [1.54, 1.807) is 6.20 Å². The Kier molecular flexibility index (Phi) is 3.88. The van der Waals surface area contributed by atoms with E-state index in [-0.39, 0.29) is 12.6 Å². The number of nitrogens with one attached hydrogen (secondary N) is 2. The van der Waals surface area contributed by atoms with Crippen molar-refractivity contribution in [2.75, 3.05) is 24.2 Å². The minimum Gasteiger partial charge on any atom is -0.396 e. The zero-order valence-electron chi connectivity index (χ0n) is 12.3. The van der Waals surface area contributed by atoms with Gasteiger partial charge in [-0.2, -0.15) is 10.1 Å². The van der Waals surface area contributed by atoms with Crippen molar-refractivity contribution in [1.82, 2.24) is 20.2 Å². The lowest BCUT2D eigenvalue weighted by Gasteiger charge is -2.12. The number of anilines is 2. The van der Waals surface area contributed by atoms with E-state index >= 15 is 0 Å². The van der Waals surface area contributed by atoms with E-state index in [0.29, 0.717) is 18.8 Å². The Morgan fingerprint density at radius 1 is 1.32 bits per heavy atom. The molecule has 114 valence electrons. The molecule has 0 saturated carbocycles. The van der Waals surface area contributed by atoms with E-state index in [1.165, 1.54) is 0 Å². The van der Waals surface area contributed by atoms with Crippen molar-refractivity contribution in [3.8, 4) is 11.3 Å². The molecule has 5 N–H and O–H groups in total. The lowest BCUT2D eigenvalue weighted by atomic mass is 10.0. The van der Waals surface area contributed by atoms with Gasteiger partial charge in [-0.1, -0.05) is 0 Å². The van der Waals surface area contributed by atoms with Gasteiger partial charge in [-0.05, 0) is 37.1 Å². The number of aliphatic hydroxyl groups is 1. The van der Waals surface area contributed by atoms with Crippen LogP contribution in [0.4, 0.5) is 11.8 Å². The van der Waals surface area contributed by atoms with Gasteiger partial charge in [0.25, 0.3) is 0 Å². The highest BCUT2D eigenvalue weighted by Crippen LogP contribution is 2.29. The van der Waals surface area contributed by atoms with Gasteiger partial charge in [0.2, 0.25) is 5.95 Å². The second-order valence-corrected chi connectivity index (χ2v) is 5.09. The number of nitrogens with zero attached hydrogens (tertiary/aromatic N) is 3. The molecule has 3 rings (SSSR count). The highest BCUT2D eigenvalue weighted by Gasteiger charge is 2.11. The molecule has 0 saturated heterocycles. The summed E-state index contributed by atoms with van der Waals surface area (Å²) in [6.45, 7) is 2.78. The van der Waals surface area contributed by atoms with E-state index in [9.17, 15) is 0 Å². The number of fused-ring (bicyclic) bond motifs is 1. The van der Waals surface area contributed by atoms with Crippen molar-refractivity contribution in [2.45, 2.75) is 13.3 Å². The predicted molar refractivity (Wildman–Crippen MR) is 86.5 cm³/mol. The summed E-state index contributed by atoms with van der Waals surface area (Å²) in [4.78, 5) is 8.62. The third-order valence-corrected chi connectivity index (χ3v) is 3.45. The SMILES string of the molecule is Cc1cc(-c2ccn[nH]2)cc2nc(N)nc(NCCCO)c12. The predicted octanol–water partition coefficient (Wildman–Crippen LogP) is 1.70. The maximum absolute atomic E-state index is 8.90. The Labute approximate surface area is 127 Å². The van der Waals surface area contributed by atoms with E-state index < -0.39 is 0 Å². The lowest BCUT2D eigenvalue weighted by Crippen LogP contribution is -2.08. The Balaban J connectivity index is 2.10. The number of aryl methyl sites for hydroxylation is 1. The molecule has 0 aliphatic rings. The van der Waals surface area contributed by atoms with Crippen molar-refractivity contribution >= 4 is 22.7 Å². The molecule has 3 aromatic rings. The Bertz CT molecular complexity index is 784. The van der Waals surface area contributed by atoms with E-state index in [4.69, 9.17) is 10.8 Å². The zero-order valence-corrected chi connectivity index (χ0v) is 12.3. The Morgan fingerprint density at radius 3 is 2.91 bits per heavy atom. The van der Waals surface area contributed by atoms with Crippen LogP contribution in [-0.4, -0.2) is 38.4 Å². The molecule has 1 aromatic carbocycles. The average Bonchev–Trinajstić information content (AvgIpc) is 3.00. The van der Waals surface area contributed by atoms with Crippen LogP contribution in [0.15, 0.2) is 24.4 Å². The second kappa shape index (κ2) is 5.98. The van der Waals surface area contributed by atoms with Crippen molar-refractivity contribution in [3.63, 3.8) is 0 Å². The summed E-state index contributed by atoms with van der Waals surface area (Å²) < 4.78 is 0. The maximum Gasteiger partial charge on any atom is 0.222 e. The van der Waals surface area contributed by atoms with E-state index in [2.05, 4.69) is 31.5 Å². The Morgan fingerprint density at radius 2 is 2.18 bits per heavy atom. The van der Waals surface area contributed by atoms with Gasteiger partial charge in [-0.3, -0.25) is 5.10 Å². The topological polar surface area (TPSA) is 113 Å². The second-order valence-electron chi connectivity index (χ2n) is 5.09. The molecule has 0 amide bonds. The van der Waals surface area contributed by atoms with Crippen LogP contribution in [0.25, 0.3) is 22.2 Å². The van der Waals surface area contributed by atoms with Crippen LogP contribution in [0.5, 0.6) is 0 Å². The van der Waals surface area contributed by atoms with E-state index in [0.717, 1.165) is 27.7 Å². The quantitative estimate of drug-likeness (QED) is 0.533. The molecule has 2 aromatic heterocycles. The van der Waals surface area contributed by atoms with Gasteiger partial charge in [-0.15, -0.1) is 0 Å². The number of aliphatic hydroxyl groups excluding tert-OH is 1. The number of benzene rings is 1. The number of aromatic amines is 1. The molecule has 7 nitrogen and oxygen atoms in total. The summed E-state index contributed by atoms with van der Waals surface area (Å²) in [6.07, 6.45) is 2.36. The van der Waals surface area contributed by atoms with Gasteiger partial charge in [0, 0.05) is 30.3 Å². The molecule has 22 heavy (non-hydrogen) atoms. The molecular formula is C15H18N6O. The summed E-state index contributed by atoms with van der Waals surface area (Å²) in [7, 11) is 0. The standard InChI is InChI=1S/C15H18N6O/c1-9-7-10(11-3-5-18-21-11)8-12-13(9)14(17-4-2-6-22)20-15(16)19-12/h3,5,7-8,22H,2,4,6H2,1H3,(H,18,21)(H3,16,17,19,20). The molecule has 0 radical (unpaired) electrons. The van der Waals surface area contributed by atoms with Gasteiger partial charge in [0.1, 0.15) is 5.82 Å². The maximum atomic E-state index is 8.90. The summed E-state index contributed by atoms with van der Waals surface area (Å²) in [6, 6.07) is 5.93. The van der Waals surface area contributed by atoms with Gasteiger partial charge in [-0.25, -0.2) is 4.98 Å². The van der Waals surface area contributed by atoms with Crippen LogP contribution in [0.1, 0.15) is 12.0 Å². The fourth-order valence-electron chi connectivity index (χ4n) is 2.47. The number of aromatic nitrogens is 4. The monoisotopic (exact) mass is 298 g/mol. The number of hydrogen-bond donors (Lipinski definition) is 4. The summed E-state index contributed by atoms with van der Waals surface area (Å²) in [5.41, 5.74) is 9.58. The van der Waals surface area contributed by atoms with Crippen LogP contribution in [-0.2, 0) is 0 Å². The first-order valence-corrected chi connectivity index (χ1v) is 7.11. The van der Waals surface area contributed by atoms with Crippen LogP contribution < -0.4 is 11.1 Å². The number of nitrogens with two attached hydrogens (primary N) is 1. The third kappa shape index (κ3) is 2.71. The zero-order chi connectivity index (χ0) is 15.5.